The van der Waals surface area contributed by atoms with E-state index >= 15 is 0 Å². The lowest BCUT2D eigenvalue weighted by atomic mass is 10.2. The van der Waals surface area contributed by atoms with Gasteiger partial charge in [0.25, 0.3) is 0 Å². The van der Waals surface area contributed by atoms with Crippen LogP contribution in [0.25, 0.3) is 0 Å². The average Bonchev–Trinajstić information content (AvgIpc) is 2.85. The minimum Gasteiger partial charge on any atom is -0.316 e. The second-order valence-corrected chi connectivity index (χ2v) is 7.61. The van der Waals surface area contributed by atoms with Crippen molar-refractivity contribution < 1.29 is 8.42 Å². The largest absolute Gasteiger partial charge is 0.316 e. The molecule has 0 amide bonds. The van der Waals surface area contributed by atoms with Crippen molar-refractivity contribution in [1.29, 1.82) is 0 Å². The van der Waals surface area contributed by atoms with E-state index in [1.165, 1.54) is 17.4 Å². The maximum Gasteiger partial charge on any atom is 0.240 e. The van der Waals surface area contributed by atoms with Crippen LogP contribution in [-0.2, 0) is 23.1 Å². The van der Waals surface area contributed by atoms with E-state index in [0.29, 0.717) is 11.6 Å². The van der Waals surface area contributed by atoms with Crippen molar-refractivity contribution in [2.24, 2.45) is 0 Å². The molecule has 2 aromatic rings. The summed E-state index contributed by atoms with van der Waals surface area (Å²) in [4.78, 5) is 4.43. The lowest BCUT2D eigenvalue weighted by Gasteiger charge is -2.09. The Labute approximate surface area is 133 Å². The number of nitrogens with zero attached hydrogens (tertiary/aromatic N) is 1. The van der Waals surface area contributed by atoms with Crippen molar-refractivity contribution in [1.82, 2.24) is 15.0 Å². The number of sulfonamides is 1. The van der Waals surface area contributed by atoms with Gasteiger partial charge in [-0.25, -0.2) is 18.1 Å². The Bertz CT molecular complexity index is 729. The standard InChI is InChI=1S/C13H16ClN3O2S2/c1-9-8-20-13(17-9)7-16-21(18,19)11-3-4-12(14)10(5-11)6-15-2/h3-5,8,15-16H,6-7H2,1-2H3. The molecule has 0 aliphatic rings. The summed E-state index contributed by atoms with van der Waals surface area (Å²) in [5.74, 6) is 0. The summed E-state index contributed by atoms with van der Waals surface area (Å²) in [7, 11) is -1.80. The monoisotopic (exact) mass is 345 g/mol. The van der Waals surface area contributed by atoms with Crippen LogP contribution in [0.4, 0.5) is 0 Å². The van der Waals surface area contributed by atoms with Crippen LogP contribution in [0, 0.1) is 6.92 Å². The molecule has 0 saturated heterocycles. The summed E-state index contributed by atoms with van der Waals surface area (Å²) in [6.45, 7) is 2.57. The Morgan fingerprint density at radius 2 is 2.10 bits per heavy atom. The Hall–Kier alpha value is -0.990. The maximum atomic E-state index is 12.3. The lowest BCUT2D eigenvalue weighted by Crippen LogP contribution is -2.23. The molecule has 0 aliphatic heterocycles. The first-order valence-electron chi connectivity index (χ1n) is 6.26. The molecule has 0 spiro atoms. The van der Waals surface area contributed by atoms with Crippen LogP contribution in [0.15, 0.2) is 28.5 Å². The van der Waals surface area contributed by atoms with Crippen molar-refractivity contribution in [3.8, 4) is 0 Å². The molecule has 114 valence electrons. The summed E-state index contributed by atoms with van der Waals surface area (Å²) in [5, 5.41) is 6.12. The van der Waals surface area contributed by atoms with Gasteiger partial charge in [0.15, 0.2) is 0 Å². The van der Waals surface area contributed by atoms with Gasteiger partial charge in [0.05, 0.1) is 11.4 Å². The number of rotatable bonds is 6. The third-order valence-corrected chi connectivity index (χ3v) is 5.51. The van der Waals surface area contributed by atoms with Crippen LogP contribution in [0.3, 0.4) is 0 Å². The molecule has 1 heterocycles. The summed E-state index contributed by atoms with van der Waals surface area (Å²) in [5.41, 5.74) is 1.63. The number of nitrogens with one attached hydrogen (secondary N) is 2. The Kier molecular flexibility index (Phi) is 5.34. The normalized spacial score (nSPS) is 11.8. The van der Waals surface area contributed by atoms with Crippen LogP contribution in [-0.4, -0.2) is 20.4 Å². The quantitative estimate of drug-likeness (QED) is 0.842. The van der Waals surface area contributed by atoms with E-state index < -0.39 is 10.0 Å². The van der Waals surface area contributed by atoms with Gasteiger partial charge in [-0.05, 0) is 37.7 Å². The number of aryl methyl sites for hydroxylation is 1. The maximum absolute atomic E-state index is 12.3. The summed E-state index contributed by atoms with van der Waals surface area (Å²) >= 11 is 7.47. The zero-order chi connectivity index (χ0) is 15.5. The lowest BCUT2D eigenvalue weighted by molar-refractivity contribution is 0.581. The highest BCUT2D eigenvalue weighted by Crippen LogP contribution is 2.20. The van der Waals surface area contributed by atoms with Crippen molar-refractivity contribution in [3.63, 3.8) is 0 Å². The first-order valence-corrected chi connectivity index (χ1v) is 9.00. The van der Waals surface area contributed by atoms with Crippen LogP contribution in [0.1, 0.15) is 16.3 Å². The predicted octanol–water partition coefficient (Wildman–Crippen LogP) is 2.30. The van der Waals surface area contributed by atoms with Gasteiger partial charge in [0, 0.05) is 22.6 Å². The van der Waals surface area contributed by atoms with E-state index in [1.807, 2.05) is 12.3 Å². The molecule has 21 heavy (non-hydrogen) atoms. The smallest absolute Gasteiger partial charge is 0.240 e. The molecule has 1 aromatic heterocycles. The van der Waals surface area contributed by atoms with E-state index in [4.69, 9.17) is 11.6 Å². The first-order chi connectivity index (χ1) is 9.92. The van der Waals surface area contributed by atoms with E-state index in [0.717, 1.165) is 16.3 Å². The summed E-state index contributed by atoms with van der Waals surface area (Å²) in [6, 6.07) is 4.67. The fourth-order valence-electron chi connectivity index (χ4n) is 1.77. The highest BCUT2D eigenvalue weighted by molar-refractivity contribution is 7.89. The van der Waals surface area contributed by atoms with Crippen molar-refractivity contribution >= 4 is 33.0 Å². The molecule has 0 atom stereocenters. The van der Waals surface area contributed by atoms with Crippen molar-refractivity contribution in [2.45, 2.75) is 24.9 Å². The van der Waals surface area contributed by atoms with Gasteiger partial charge in [-0.3, -0.25) is 0 Å². The second kappa shape index (κ2) is 6.85. The Morgan fingerprint density at radius 1 is 1.33 bits per heavy atom. The number of hydrogen-bond donors (Lipinski definition) is 2. The number of thiazole rings is 1. The molecule has 5 nitrogen and oxygen atoms in total. The molecule has 0 fully saturated rings. The van der Waals surface area contributed by atoms with E-state index in [-0.39, 0.29) is 11.4 Å². The molecule has 2 rings (SSSR count). The number of benzene rings is 1. The molecule has 1 aromatic carbocycles. The zero-order valence-corrected chi connectivity index (χ0v) is 14.1. The molecule has 0 radical (unpaired) electrons. The number of aromatic nitrogens is 1. The van der Waals surface area contributed by atoms with Gasteiger partial charge in [-0.2, -0.15) is 0 Å². The minimum absolute atomic E-state index is 0.185. The van der Waals surface area contributed by atoms with Gasteiger partial charge in [0.1, 0.15) is 5.01 Å². The summed E-state index contributed by atoms with van der Waals surface area (Å²) < 4.78 is 27.1. The molecule has 0 unspecified atom stereocenters. The van der Waals surface area contributed by atoms with E-state index in [1.54, 1.807) is 19.2 Å². The first kappa shape index (κ1) is 16.4. The molecular weight excluding hydrogens is 330 g/mol. The van der Waals surface area contributed by atoms with Gasteiger partial charge < -0.3 is 5.32 Å². The molecule has 0 aliphatic carbocycles. The minimum atomic E-state index is -3.58. The van der Waals surface area contributed by atoms with E-state index in [2.05, 4.69) is 15.0 Å². The van der Waals surface area contributed by atoms with Gasteiger partial charge in [-0.15, -0.1) is 11.3 Å². The molecule has 0 bridgehead atoms. The Balaban J connectivity index is 2.17. The Morgan fingerprint density at radius 3 is 2.71 bits per heavy atom. The molecule has 0 saturated carbocycles. The average molecular weight is 346 g/mol. The van der Waals surface area contributed by atoms with Crippen LogP contribution < -0.4 is 10.0 Å². The predicted molar refractivity (Wildman–Crippen MR) is 85.1 cm³/mol. The fraction of sp³-hybridized carbons (Fsp3) is 0.308. The van der Waals surface area contributed by atoms with Crippen LogP contribution in [0.5, 0.6) is 0 Å². The van der Waals surface area contributed by atoms with Gasteiger partial charge in [-0.1, -0.05) is 11.6 Å². The fourth-order valence-corrected chi connectivity index (χ4v) is 3.79. The second-order valence-electron chi connectivity index (χ2n) is 4.49. The van der Waals surface area contributed by atoms with E-state index in [9.17, 15) is 8.42 Å². The number of halogens is 1. The SMILES string of the molecule is CNCc1cc(S(=O)(=O)NCc2nc(C)cs2)ccc1Cl. The van der Waals surface area contributed by atoms with Crippen molar-refractivity contribution in [3.05, 3.63) is 44.9 Å². The third-order valence-electron chi connectivity index (χ3n) is 2.77. The highest BCUT2D eigenvalue weighted by Gasteiger charge is 2.16. The highest BCUT2D eigenvalue weighted by atomic mass is 35.5. The molecule has 2 N–H and O–H groups in total. The van der Waals surface area contributed by atoms with Gasteiger partial charge >= 0.3 is 0 Å². The summed E-state index contributed by atoms with van der Waals surface area (Å²) in [6.07, 6.45) is 0. The molecule has 8 heteroatoms. The third kappa shape index (κ3) is 4.24. The van der Waals surface area contributed by atoms with Crippen LogP contribution in [0.2, 0.25) is 5.02 Å². The van der Waals surface area contributed by atoms with Crippen LogP contribution >= 0.6 is 22.9 Å². The number of hydrogen-bond acceptors (Lipinski definition) is 5. The molecular formula is C13H16ClN3O2S2. The van der Waals surface area contributed by atoms with Crippen molar-refractivity contribution in [2.75, 3.05) is 7.05 Å². The zero-order valence-electron chi connectivity index (χ0n) is 11.7. The topological polar surface area (TPSA) is 71.1 Å². The van der Waals surface area contributed by atoms with Gasteiger partial charge in [0.2, 0.25) is 10.0 Å².